The highest BCUT2D eigenvalue weighted by Crippen LogP contribution is 2.13. The second-order valence-electron chi connectivity index (χ2n) is 4.57. The molecule has 1 aliphatic heterocycles. The Morgan fingerprint density at radius 2 is 2.29 bits per heavy atom. The maximum Gasteiger partial charge on any atom is 0.322 e. The van der Waals surface area contributed by atoms with Crippen molar-refractivity contribution in [2.75, 3.05) is 13.7 Å². The fourth-order valence-corrected chi connectivity index (χ4v) is 2.43. The molecule has 1 unspecified atom stereocenters. The van der Waals surface area contributed by atoms with E-state index in [9.17, 15) is 9.59 Å². The van der Waals surface area contributed by atoms with E-state index in [1.165, 1.54) is 13.4 Å². The van der Waals surface area contributed by atoms with Gasteiger partial charge in [0.05, 0.1) is 24.3 Å². The first-order chi connectivity index (χ1) is 10.1. The molecule has 0 saturated carbocycles. The van der Waals surface area contributed by atoms with Gasteiger partial charge in [0.1, 0.15) is 6.04 Å². The van der Waals surface area contributed by atoms with E-state index in [2.05, 4.69) is 36.0 Å². The molecule has 1 fully saturated rings. The van der Waals surface area contributed by atoms with Gasteiger partial charge >= 0.3 is 5.97 Å². The van der Waals surface area contributed by atoms with Gasteiger partial charge in [0.25, 0.3) is 5.56 Å². The summed E-state index contributed by atoms with van der Waals surface area (Å²) in [6.45, 7) is 0.944. The molecule has 0 bridgehead atoms. The minimum absolute atomic E-state index is 0.0324. The van der Waals surface area contributed by atoms with Gasteiger partial charge in [0.15, 0.2) is 0 Å². The monoisotopic (exact) mass is 353 g/mol. The average Bonchev–Trinajstić information content (AvgIpc) is 3.02. The third-order valence-corrected chi connectivity index (χ3v) is 3.64. The fraction of sp³-hybridized carbons (Fsp3) is 0.357. The number of hydrogen-bond donors (Lipinski definition) is 2. The Balaban J connectivity index is 0.000000161. The van der Waals surface area contributed by atoms with Crippen molar-refractivity contribution in [2.24, 2.45) is 0 Å². The fourth-order valence-electron chi connectivity index (χ4n) is 2.07. The molecular weight excluding hydrogens is 338 g/mol. The second kappa shape index (κ2) is 7.33. The molecule has 0 aliphatic carbocycles. The van der Waals surface area contributed by atoms with Crippen LogP contribution in [0.25, 0.3) is 10.9 Å². The highest BCUT2D eigenvalue weighted by molar-refractivity contribution is 9.10. The van der Waals surface area contributed by atoms with Crippen LogP contribution in [-0.4, -0.2) is 35.6 Å². The summed E-state index contributed by atoms with van der Waals surface area (Å²) in [4.78, 5) is 28.5. The van der Waals surface area contributed by atoms with Gasteiger partial charge in [-0.15, -0.1) is 0 Å². The Kier molecular flexibility index (Phi) is 5.46. The SMILES string of the molecule is COC(=O)C1CCCN1.O=c1[nH]cnc2ccc(Br)cc12. The zero-order chi connectivity index (χ0) is 15.2. The maximum atomic E-state index is 11.2. The number of nitrogens with zero attached hydrogens (tertiary/aromatic N) is 1. The quantitative estimate of drug-likeness (QED) is 0.760. The summed E-state index contributed by atoms with van der Waals surface area (Å²) in [5, 5.41) is 3.64. The summed E-state index contributed by atoms with van der Waals surface area (Å²) < 4.78 is 5.42. The maximum absolute atomic E-state index is 11.2. The van der Waals surface area contributed by atoms with Crippen molar-refractivity contribution in [3.63, 3.8) is 0 Å². The normalized spacial score (nSPS) is 17.1. The van der Waals surface area contributed by atoms with Crippen molar-refractivity contribution in [3.05, 3.63) is 39.4 Å². The minimum Gasteiger partial charge on any atom is -0.468 e. The van der Waals surface area contributed by atoms with E-state index in [0.29, 0.717) is 10.9 Å². The standard InChI is InChI=1S/C8H5BrN2O.C6H11NO2/c9-5-1-2-7-6(3-5)8(12)11-4-10-7;1-9-6(8)5-3-2-4-7-5/h1-4H,(H,10,11,12);5,7H,2-4H2,1H3. The zero-order valence-corrected chi connectivity index (χ0v) is 13.1. The number of nitrogens with one attached hydrogen (secondary N) is 2. The van der Waals surface area contributed by atoms with E-state index in [-0.39, 0.29) is 17.6 Å². The van der Waals surface area contributed by atoms with Gasteiger partial charge in [0.2, 0.25) is 0 Å². The van der Waals surface area contributed by atoms with Crippen molar-refractivity contribution in [3.8, 4) is 0 Å². The molecule has 1 atom stereocenters. The molecular formula is C14H16BrN3O3. The largest absolute Gasteiger partial charge is 0.468 e. The van der Waals surface area contributed by atoms with E-state index in [1.54, 1.807) is 12.1 Å². The van der Waals surface area contributed by atoms with E-state index in [4.69, 9.17) is 0 Å². The van der Waals surface area contributed by atoms with E-state index in [0.717, 1.165) is 23.9 Å². The van der Waals surface area contributed by atoms with Crippen LogP contribution in [-0.2, 0) is 9.53 Å². The van der Waals surface area contributed by atoms with Gasteiger partial charge in [-0.25, -0.2) is 4.98 Å². The molecule has 1 saturated heterocycles. The number of H-pyrrole nitrogens is 1. The third kappa shape index (κ3) is 4.12. The molecule has 21 heavy (non-hydrogen) atoms. The Bertz CT molecular complexity index is 680. The van der Waals surface area contributed by atoms with Crippen molar-refractivity contribution < 1.29 is 9.53 Å². The van der Waals surface area contributed by atoms with Crippen molar-refractivity contribution in [1.82, 2.24) is 15.3 Å². The van der Waals surface area contributed by atoms with Gasteiger partial charge in [-0.3, -0.25) is 9.59 Å². The molecule has 3 rings (SSSR count). The number of hydrogen-bond acceptors (Lipinski definition) is 5. The van der Waals surface area contributed by atoms with Crippen LogP contribution in [0.2, 0.25) is 0 Å². The zero-order valence-electron chi connectivity index (χ0n) is 11.6. The Labute approximate surface area is 130 Å². The van der Waals surface area contributed by atoms with Crippen molar-refractivity contribution in [1.29, 1.82) is 0 Å². The lowest BCUT2D eigenvalue weighted by molar-refractivity contribution is -0.142. The molecule has 1 aliphatic rings. The Morgan fingerprint density at radius 3 is 2.95 bits per heavy atom. The van der Waals surface area contributed by atoms with Crippen LogP contribution in [0.5, 0.6) is 0 Å². The molecule has 0 spiro atoms. The summed E-state index contributed by atoms with van der Waals surface area (Å²) in [5.74, 6) is -0.132. The van der Waals surface area contributed by atoms with Crippen molar-refractivity contribution >= 4 is 32.8 Å². The molecule has 2 heterocycles. The van der Waals surface area contributed by atoms with Crippen LogP contribution in [0.1, 0.15) is 12.8 Å². The topological polar surface area (TPSA) is 84.1 Å². The summed E-state index contributed by atoms with van der Waals surface area (Å²) in [6, 6.07) is 5.37. The number of aromatic amines is 1. The number of carbonyl (C=O) groups excluding carboxylic acids is 1. The highest BCUT2D eigenvalue weighted by Gasteiger charge is 2.21. The molecule has 0 amide bonds. The van der Waals surface area contributed by atoms with E-state index >= 15 is 0 Å². The number of ether oxygens (including phenoxy) is 1. The number of methoxy groups -OCH3 is 1. The van der Waals surface area contributed by atoms with Crippen LogP contribution >= 0.6 is 15.9 Å². The van der Waals surface area contributed by atoms with Crippen LogP contribution in [0.15, 0.2) is 33.8 Å². The lowest BCUT2D eigenvalue weighted by Crippen LogP contribution is -2.31. The number of aromatic nitrogens is 2. The molecule has 6 nitrogen and oxygen atoms in total. The molecule has 0 radical (unpaired) electrons. The number of rotatable bonds is 1. The van der Waals surface area contributed by atoms with Gasteiger partial charge in [-0.05, 0) is 37.6 Å². The highest BCUT2D eigenvalue weighted by atomic mass is 79.9. The molecule has 1 aromatic heterocycles. The summed E-state index contributed by atoms with van der Waals surface area (Å²) in [6.07, 6.45) is 3.41. The smallest absolute Gasteiger partial charge is 0.322 e. The number of carbonyl (C=O) groups is 1. The second-order valence-corrected chi connectivity index (χ2v) is 5.48. The molecule has 1 aromatic carbocycles. The first kappa shape index (κ1) is 15.7. The number of halogens is 1. The van der Waals surface area contributed by atoms with Crippen LogP contribution in [0, 0.1) is 0 Å². The van der Waals surface area contributed by atoms with Gasteiger partial charge < -0.3 is 15.0 Å². The minimum atomic E-state index is -0.132. The van der Waals surface area contributed by atoms with Crippen LogP contribution in [0.4, 0.5) is 0 Å². The lowest BCUT2D eigenvalue weighted by Gasteiger charge is -2.04. The third-order valence-electron chi connectivity index (χ3n) is 3.15. The van der Waals surface area contributed by atoms with Gasteiger partial charge in [-0.2, -0.15) is 0 Å². The number of benzene rings is 1. The Hall–Kier alpha value is -1.73. The predicted octanol–water partition coefficient (Wildman–Crippen LogP) is 1.60. The van der Waals surface area contributed by atoms with Crippen LogP contribution in [0.3, 0.4) is 0 Å². The summed E-state index contributed by atoms with van der Waals surface area (Å²) >= 11 is 3.29. The van der Waals surface area contributed by atoms with E-state index < -0.39 is 0 Å². The number of esters is 1. The average molecular weight is 354 g/mol. The molecule has 7 heteroatoms. The van der Waals surface area contributed by atoms with Crippen LogP contribution < -0.4 is 10.9 Å². The number of fused-ring (bicyclic) bond motifs is 1. The lowest BCUT2D eigenvalue weighted by atomic mass is 10.2. The van der Waals surface area contributed by atoms with E-state index in [1.807, 2.05) is 6.07 Å². The van der Waals surface area contributed by atoms with Gasteiger partial charge in [-0.1, -0.05) is 15.9 Å². The molecule has 2 aromatic rings. The first-order valence-electron chi connectivity index (χ1n) is 6.56. The molecule has 2 N–H and O–H groups in total. The molecule has 112 valence electrons. The Morgan fingerprint density at radius 1 is 1.48 bits per heavy atom. The van der Waals surface area contributed by atoms with Gasteiger partial charge in [0, 0.05) is 4.47 Å². The van der Waals surface area contributed by atoms with Crippen molar-refractivity contribution in [2.45, 2.75) is 18.9 Å². The summed E-state index contributed by atoms with van der Waals surface area (Å²) in [5.41, 5.74) is 0.600. The first-order valence-corrected chi connectivity index (χ1v) is 7.35. The predicted molar refractivity (Wildman–Crippen MR) is 83.1 cm³/mol. The summed E-state index contributed by atoms with van der Waals surface area (Å²) in [7, 11) is 1.42.